The lowest BCUT2D eigenvalue weighted by molar-refractivity contribution is 0.606. The molecule has 6 aliphatic rings. The smallest absolute Gasteiger partial charge is 0.0259 e. The van der Waals surface area contributed by atoms with Gasteiger partial charge in [-0.3, -0.25) is 0 Å². The van der Waals surface area contributed by atoms with Gasteiger partial charge in [0.1, 0.15) is 0 Å². The van der Waals surface area contributed by atoms with Crippen LogP contribution in [0.2, 0.25) is 0 Å². The van der Waals surface area contributed by atoms with Gasteiger partial charge in [-0.1, -0.05) is 36.4 Å². The van der Waals surface area contributed by atoms with Gasteiger partial charge in [-0.2, -0.15) is 0 Å². The van der Waals surface area contributed by atoms with Crippen molar-refractivity contribution in [1.82, 2.24) is 0 Å². The lowest BCUT2D eigenvalue weighted by Gasteiger charge is -2.42. The van der Waals surface area contributed by atoms with E-state index in [0.29, 0.717) is 11.8 Å². The molecule has 1 aromatic rings. The zero-order chi connectivity index (χ0) is 21.1. The molecule has 4 heterocycles. The van der Waals surface area contributed by atoms with Gasteiger partial charge in [-0.25, -0.2) is 0 Å². The molecule has 0 aromatic heterocycles. The van der Waals surface area contributed by atoms with Crippen molar-refractivity contribution in [3.8, 4) is 0 Å². The molecule has 0 N–H and O–H groups in total. The van der Waals surface area contributed by atoms with Gasteiger partial charge in [0.15, 0.2) is 0 Å². The Hall–Kier alpha value is -0.420. The lowest BCUT2D eigenvalue weighted by Crippen LogP contribution is -2.26. The fourth-order valence-corrected chi connectivity index (χ4v) is 11.4. The summed E-state index contributed by atoms with van der Waals surface area (Å²) in [5.41, 5.74) is 6.68. The van der Waals surface area contributed by atoms with Gasteiger partial charge < -0.3 is 0 Å². The summed E-state index contributed by atoms with van der Waals surface area (Å²) in [6, 6.07) is 5.00. The zero-order valence-electron chi connectivity index (χ0n) is 18.4. The summed E-state index contributed by atoms with van der Waals surface area (Å²) < 4.78 is 0. The lowest BCUT2D eigenvalue weighted by atomic mass is 9.64. The maximum absolute atomic E-state index is 2.57. The molecule has 0 bridgehead atoms. The zero-order valence-corrected chi connectivity index (χ0v) is 21.6. The van der Waals surface area contributed by atoms with Crippen LogP contribution in [0, 0.1) is 0 Å². The third kappa shape index (κ3) is 3.63. The van der Waals surface area contributed by atoms with Crippen LogP contribution in [0.1, 0.15) is 73.5 Å². The SMILES string of the molecule is C1=CSC(CCC2CC3=C(S2)C2c4ccc5c(c4C2C=C3)SC(CCC2CC=CS2)C5)C1. The summed E-state index contributed by atoms with van der Waals surface area (Å²) in [4.78, 5) is 3.41. The van der Waals surface area contributed by atoms with Crippen molar-refractivity contribution in [3.05, 3.63) is 74.4 Å². The fraction of sp³-hybridized carbons (Fsp3) is 0.500. The van der Waals surface area contributed by atoms with Crippen molar-refractivity contribution in [2.24, 2.45) is 0 Å². The second-order valence-electron chi connectivity index (χ2n) is 10.1. The molecule has 0 saturated carbocycles. The van der Waals surface area contributed by atoms with Crippen LogP contribution >= 0.6 is 47.0 Å². The van der Waals surface area contributed by atoms with Crippen LogP contribution in [0.3, 0.4) is 0 Å². The van der Waals surface area contributed by atoms with Crippen molar-refractivity contribution >= 4 is 47.0 Å². The highest BCUT2D eigenvalue weighted by molar-refractivity contribution is 8.04. The summed E-state index contributed by atoms with van der Waals surface area (Å²) in [7, 11) is 0. The monoisotopic (exact) mass is 494 g/mol. The fourth-order valence-electron chi connectivity index (χ4n) is 6.39. The van der Waals surface area contributed by atoms with E-state index < -0.39 is 0 Å². The topological polar surface area (TPSA) is 0 Å². The van der Waals surface area contributed by atoms with Crippen LogP contribution in [0.25, 0.3) is 0 Å². The minimum absolute atomic E-state index is 0.653. The van der Waals surface area contributed by atoms with Gasteiger partial charge in [0.25, 0.3) is 0 Å². The Kier molecular flexibility index (Phi) is 5.66. The molecule has 0 radical (unpaired) electrons. The molecule has 0 amide bonds. The molecule has 6 unspecified atom stereocenters. The Balaban J connectivity index is 1.03. The van der Waals surface area contributed by atoms with Crippen LogP contribution < -0.4 is 0 Å². The third-order valence-corrected chi connectivity index (χ3v) is 13.4. The first-order chi connectivity index (χ1) is 15.8. The average molecular weight is 495 g/mol. The van der Waals surface area contributed by atoms with Crippen LogP contribution in [-0.2, 0) is 6.42 Å². The summed E-state index contributed by atoms with van der Waals surface area (Å²) in [5.74, 6) is 1.33. The van der Waals surface area contributed by atoms with Crippen molar-refractivity contribution in [2.75, 3.05) is 0 Å². The summed E-state index contributed by atoms with van der Waals surface area (Å²) in [6.45, 7) is 0. The first-order valence-electron chi connectivity index (χ1n) is 12.3. The summed E-state index contributed by atoms with van der Waals surface area (Å²) >= 11 is 8.57. The molecule has 7 rings (SSSR count). The van der Waals surface area contributed by atoms with Crippen molar-refractivity contribution < 1.29 is 0 Å². The molecular weight excluding hydrogens is 465 g/mol. The van der Waals surface area contributed by atoms with E-state index in [0.717, 1.165) is 21.0 Å². The summed E-state index contributed by atoms with van der Waals surface area (Å²) in [6.07, 6.45) is 20.5. The molecule has 4 aliphatic heterocycles. The number of benzene rings is 1. The second kappa shape index (κ2) is 8.66. The normalized spacial score (nSPS) is 35.8. The largest absolute Gasteiger partial charge is 0.131 e. The van der Waals surface area contributed by atoms with Gasteiger partial charge in [-0.15, -0.1) is 47.0 Å². The van der Waals surface area contributed by atoms with E-state index in [-0.39, 0.29) is 0 Å². The molecule has 2 aliphatic carbocycles. The Morgan fingerprint density at radius 3 is 2.22 bits per heavy atom. The predicted octanol–water partition coefficient (Wildman–Crippen LogP) is 8.81. The minimum atomic E-state index is 0.653. The number of hydrogen-bond donors (Lipinski definition) is 0. The maximum atomic E-state index is 2.57. The maximum Gasteiger partial charge on any atom is 0.0259 e. The number of allylic oxidation sites excluding steroid dienone is 6. The molecule has 166 valence electrons. The van der Waals surface area contributed by atoms with E-state index in [4.69, 9.17) is 0 Å². The van der Waals surface area contributed by atoms with E-state index in [9.17, 15) is 0 Å². The van der Waals surface area contributed by atoms with Gasteiger partial charge in [0, 0.05) is 37.7 Å². The van der Waals surface area contributed by atoms with E-state index >= 15 is 0 Å². The van der Waals surface area contributed by atoms with Crippen molar-refractivity contribution in [3.63, 3.8) is 0 Å². The van der Waals surface area contributed by atoms with E-state index in [1.807, 2.05) is 11.8 Å². The van der Waals surface area contributed by atoms with E-state index in [1.54, 1.807) is 32.1 Å². The Morgan fingerprint density at radius 1 is 0.781 bits per heavy atom. The molecule has 0 fully saturated rings. The van der Waals surface area contributed by atoms with E-state index in [1.165, 1.54) is 51.4 Å². The first kappa shape index (κ1) is 20.9. The second-order valence-corrected chi connectivity index (χ2v) is 15.2. The molecule has 0 spiro atoms. The molecule has 32 heavy (non-hydrogen) atoms. The van der Waals surface area contributed by atoms with Crippen molar-refractivity contribution in [1.29, 1.82) is 0 Å². The molecule has 4 heteroatoms. The van der Waals surface area contributed by atoms with Gasteiger partial charge >= 0.3 is 0 Å². The first-order valence-corrected chi connectivity index (χ1v) is 16.0. The van der Waals surface area contributed by atoms with Crippen molar-refractivity contribution in [2.45, 2.75) is 89.1 Å². The number of hydrogen-bond acceptors (Lipinski definition) is 4. The predicted molar refractivity (Wildman–Crippen MR) is 146 cm³/mol. The number of rotatable bonds is 6. The molecular formula is C28H30S4. The van der Waals surface area contributed by atoms with Crippen LogP contribution in [-0.4, -0.2) is 21.0 Å². The highest BCUT2D eigenvalue weighted by atomic mass is 32.2. The Morgan fingerprint density at radius 2 is 1.50 bits per heavy atom. The molecule has 1 aromatic carbocycles. The average Bonchev–Trinajstić information content (AvgIpc) is 3.58. The quantitative estimate of drug-likeness (QED) is 0.387. The molecule has 0 nitrogen and oxygen atoms in total. The standard InChI is InChI=1S/C28H30S4/c1-3-19(29-13-1)7-9-21-15-17-5-11-23-25(27(17)31-21)24-12-6-18-16-22(32-28(18)26(23)24)10-8-20-4-2-14-30-20/h1-2,5-6,11-14,19-23,25H,3-4,7-10,15-16H2. The third-order valence-electron chi connectivity index (χ3n) is 8.07. The van der Waals surface area contributed by atoms with E-state index in [2.05, 4.69) is 82.5 Å². The number of thioether (sulfide) groups is 4. The van der Waals surface area contributed by atoms with Crippen LogP contribution in [0.5, 0.6) is 0 Å². The van der Waals surface area contributed by atoms with Crippen LogP contribution in [0.4, 0.5) is 0 Å². The molecule has 6 atom stereocenters. The van der Waals surface area contributed by atoms with Gasteiger partial charge in [-0.05, 0) is 89.4 Å². The minimum Gasteiger partial charge on any atom is -0.131 e. The Bertz CT molecular complexity index is 1030. The summed E-state index contributed by atoms with van der Waals surface area (Å²) in [5, 5.41) is 7.90. The van der Waals surface area contributed by atoms with Crippen LogP contribution in [0.15, 0.2) is 62.6 Å². The highest BCUT2D eigenvalue weighted by Gasteiger charge is 2.47. The van der Waals surface area contributed by atoms with Gasteiger partial charge in [0.2, 0.25) is 0 Å². The highest BCUT2D eigenvalue weighted by Crippen LogP contribution is 2.64. The van der Waals surface area contributed by atoms with Gasteiger partial charge in [0.05, 0.1) is 0 Å². The number of fused-ring (bicyclic) bond motifs is 7. The Labute approximate surface area is 209 Å². The molecule has 0 saturated heterocycles.